The number of carbonyl (C=O) groups excluding carboxylic acids is 1. The Morgan fingerprint density at radius 2 is 2.05 bits per heavy atom. The zero-order valence-corrected chi connectivity index (χ0v) is 12.6. The number of carbonyl (C=O) groups is 1. The molecule has 1 amide bonds. The lowest BCUT2D eigenvalue weighted by Crippen LogP contribution is -2.23. The van der Waals surface area contributed by atoms with Gasteiger partial charge in [-0.1, -0.05) is 42.0 Å². The minimum absolute atomic E-state index is 0.0549. The summed E-state index contributed by atoms with van der Waals surface area (Å²) in [4.78, 5) is 16.3. The molecule has 4 nitrogen and oxygen atoms in total. The first-order chi connectivity index (χ1) is 10.7. The first kappa shape index (κ1) is 14.3. The Morgan fingerprint density at radius 3 is 2.91 bits per heavy atom. The van der Waals surface area contributed by atoms with Crippen LogP contribution in [0.2, 0.25) is 0 Å². The van der Waals surface area contributed by atoms with Gasteiger partial charge in [-0.05, 0) is 24.6 Å². The third-order valence-electron chi connectivity index (χ3n) is 3.68. The highest BCUT2D eigenvalue weighted by Gasteiger charge is 2.05. The standard InChI is InChI=1S/C18H19N3O/c1-14-5-4-6-15(11-14)12-19-18(22)9-10-21-13-20-16-7-2-3-8-17(16)21/h2-8,11,13H,9-10,12H2,1H3,(H,19,22). The van der Waals surface area contributed by atoms with Crippen molar-refractivity contribution in [3.05, 3.63) is 66.0 Å². The van der Waals surface area contributed by atoms with Crippen LogP contribution in [0.1, 0.15) is 17.5 Å². The van der Waals surface area contributed by atoms with Crippen LogP contribution < -0.4 is 5.32 Å². The van der Waals surface area contributed by atoms with Crippen molar-refractivity contribution in [1.29, 1.82) is 0 Å². The van der Waals surface area contributed by atoms with Crippen LogP contribution in [0.25, 0.3) is 11.0 Å². The lowest BCUT2D eigenvalue weighted by Gasteiger charge is -2.07. The molecule has 0 fully saturated rings. The third kappa shape index (κ3) is 3.34. The van der Waals surface area contributed by atoms with Crippen molar-refractivity contribution in [2.75, 3.05) is 0 Å². The summed E-state index contributed by atoms with van der Waals surface area (Å²) in [5.74, 6) is 0.0549. The number of imidazole rings is 1. The topological polar surface area (TPSA) is 46.9 Å². The van der Waals surface area contributed by atoms with Crippen LogP contribution in [0.5, 0.6) is 0 Å². The van der Waals surface area contributed by atoms with Crippen molar-refractivity contribution in [3.8, 4) is 0 Å². The number of hydrogen-bond acceptors (Lipinski definition) is 2. The molecule has 0 saturated carbocycles. The van der Waals surface area contributed by atoms with Gasteiger partial charge in [0, 0.05) is 19.5 Å². The Labute approximate surface area is 129 Å². The number of fused-ring (bicyclic) bond motifs is 1. The average Bonchev–Trinajstić information content (AvgIpc) is 2.94. The number of para-hydroxylation sites is 2. The molecule has 0 aliphatic heterocycles. The van der Waals surface area contributed by atoms with Crippen molar-refractivity contribution < 1.29 is 4.79 Å². The van der Waals surface area contributed by atoms with Gasteiger partial charge in [0.15, 0.2) is 0 Å². The number of hydrogen-bond donors (Lipinski definition) is 1. The molecule has 0 unspecified atom stereocenters. The van der Waals surface area contributed by atoms with Crippen molar-refractivity contribution >= 4 is 16.9 Å². The monoisotopic (exact) mass is 293 g/mol. The van der Waals surface area contributed by atoms with Crippen LogP contribution in [-0.4, -0.2) is 15.5 Å². The highest BCUT2D eigenvalue weighted by Crippen LogP contribution is 2.12. The lowest BCUT2D eigenvalue weighted by atomic mass is 10.1. The Hall–Kier alpha value is -2.62. The van der Waals surface area contributed by atoms with E-state index < -0.39 is 0 Å². The molecule has 3 rings (SSSR count). The molecular weight excluding hydrogens is 274 g/mol. The summed E-state index contributed by atoms with van der Waals surface area (Å²) in [6.07, 6.45) is 2.24. The summed E-state index contributed by atoms with van der Waals surface area (Å²) < 4.78 is 2.02. The number of benzene rings is 2. The number of nitrogens with one attached hydrogen (secondary N) is 1. The van der Waals surface area contributed by atoms with Gasteiger partial charge < -0.3 is 9.88 Å². The Bertz CT molecular complexity index is 792. The average molecular weight is 293 g/mol. The summed E-state index contributed by atoms with van der Waals surface area (Å²) in [5.41, 5.74) is 4.36. The fourth-order valence-electron chi connectivity index (χ4n) is 2.52. The van der Waals surface area contributed by atoms with Crippen LogP contribution >= 0.6 is 0 Å². The first-order valence-corrected chi connectivity index (χ1v) is 7.44. The van der Waals surface area contributed by atoms with E-state index in [2.05, 4.69) is 29.4 Å². The first-order valence-electron chi connectivity index (χ1n) is 7.44. The second-order valence-corrected chi connectivity index (χ2v) is 5.44. The Balaban J connectivity index is 1.54. The van der Waals surface area contributed by atoms with Gasteiger partial charge in [-0.25, -0.2) is 4.98 Å². The molecule has 0 aliphatic carbocycles. The second kappa shape index (κ2) is 6.43. The van der Waals surface area contributed by atoms with E-state index in [1.807, 2.05) is 41.0 Å². The van der Waals surface area contributed by atoms with E-state index >= 15 is 0 Å². The predicted molar refractivity (Wildman–Crippen MR) is 87.4 cm³/mol. The number of amides is 1. The summed E-state index contributed by atoms with van der Waals surface area (Å²) in [6.45, 7) is 3.26. The second-order valence-electron chi connectivity index (χ2n) is 5.44. The van der Waals surface area contributed by atoms with Gasteiger partial charge in [0.05, 0.1) is 17.4 Å². The van der Waals surface area contributed by atoms with Crippen molar-refractivity contribution in [3.63, 3.8) is 0 Å². The molecular formula is C18H19N3O. The fourth-order valence-corrected chi connectivity index (χ4v) is 2.52. The Kier molecular flexibility index (Phi) is 4.19. The quantitative estimate of drug-likeness (QED) is 0.786. The van der Waals surface area contributed by atoms with Crippen LogP contribution in [0, 0.1) is 6.92 Å². The minimum atomic E-state index is 0.0549. The summed E-state index contributed by atoms with van der Waals surface area (Å²) in [6, 6.07) is 16.1. The smallest absolute Gasteiger partial charge is 0.222 e. The van der Waals surface area contributed by atoms with E-state index in [4.69, 9.17) is 0 Å². The predicted octanol–water partition coefficient (Wildman–Crippen LogP) is 3.05. The van der Waals surface area contributed by atoms with E-state index in [1.165, 1.54) is 5.56 Å². The van der Waals surface area contributed by atoms with E-state index in [1.54, 1.807) is 6.33 Å². The van der Waals surface area contributed by atoms with Crippen molar-refractivity contribution in [2.24, 2.45) is 0 Å². The van der Waals surface area contributed by atoms with Crippen molar-refractivity contribution in [1.82, 2.24) is 14.9 Å². The minimum Gasteiger partial charge on any atom is -0.352 e. The molecule has 0 saturated heterocycles. The molecule has 1 heterocycles. The van der Waals surface area contributed by atoms with Gasteiger partial charge >= 0.3 is 0 Å². The molecule has 112 valence electrons. The van der Waals surface area contributed by atoms with E-state index in [9.17, 15) is 4.79 Å². The maximum Gasteiger partial charge on any atom is 0.222 e. The maximum atomic E-state index is 12.0. The summed E-state index contributed by atoms with van der Waals surface area (Å²) in [7, 11) is 0. The molecule has 0 aliphatic rings. The van der Waals surface area contributed by atoms with Gasteiger partial charge in [0.2, 0.25) is 5.91 Å². The number of nitrogens with zero attached hydrogens (tertiary/aromatic N) is 2. The molecule has 2 aromatic carbocycles. The largest absolute Gasteiger partial charge is 0.352 e. The molecule has 1 N–H and O–H groups in total. The van der Waals surface area contributed by atoms with Crippen molar-refractivity contribution in [2.45, 2.75) is 26.4 Å². The summed E-state index contributed by atoms with van der Waals surface area (Å²) in [5, 5.41) is 2.96. The van der Waals surface area contributed by atoms with E-state index in [0.717, 1.165) is 16.6 Å². The molecule has 22 heavy (non-hydrogen) atoms. The van der Waals surface area contributed by atoms with E-state index in [-0.39, 0.29) is 5.91 Å². The number of aryl methyl sites for hydroxylation is 2. The van der Waals surface area contributed by atoms with Crippen LogP contribution in [0.4, 0.5) is 0 Å². The van der Waals surface area contributed by atoms with Crippen LogP contribution in [0.3, 0.4) is 0 Å². The molecule has 0 spiro atoms. The fraction of sp³-hybridized carbons (Fsp3) is 0.222. The lowest BCUT2D eigenvalue weighted by molar-refractivity contribution is -0.121. The number of aromatic nitrogens is 2. The van der Waals surface area contributed by atoms with E-state index in [0.29, 0.717) is 19.5 Å². The van der Waals surface area contributed by atoms with Gasteiger partial charge in [0.1, 0.15) is 0 Å². The SMILES string of the molecule is Cc1cccc(CNC(=O)CCn2cnc3ccccc32)c1. The molecule has 1 aromatic heterocycles. The normalized spacial score (nSPS) is 10.8. The number of rotatable bonds is 5. The molecule has 3 aromatic rings. The molecule has 4 heteroatoms. The van der Waals surface area contributed by atoms with Crippen LogP contribution in [0.15, 0.2) is 54.9 Å². The van der Waals surface area contributed by atoms with Crippen LogP contribution in [-0.2, 0) is 17.9 Å². The van der Waals surface area contributed by atoms with Gasteiger partial charge in [-0.3, -0.25) is 4.79 Å². The van der Waals surface area contributed by atoms with Gasteiger partial charge in [-0.2, -0.15) is 0 Å². The molecule has 0 radical (unpaired) electrons. The van der Waals surface area contributed by atoms with Gasteiger partial charge in [-0.15, -0.1) is 0 Å². The van der Waals surface area contributed by atoms with Gasteiger partial charge in [0.25, 0.3) is 0 Å². The highest BCUT2D eigenvalue weighted by molar-refractivity contribution is 5.77. The Morgan fingerprint density at radius 1 is 1.18 bits per heavy atom. The zero-order valence-electron chi connectivity index (χ0n) is 12.6. The third-order valence-corrected chi connectivity index (χ3v) is 3.68. The highest BCUT2D eigenvalue weighted by atomic mass is 16.1. The maximum absolute atomic E-state index is 12.0. The molecule has 0 atom stereocenters. The molecule has 0 bridgehead atoms. The zero-order chi connectivity index (χ0) is 15.4. The summed E-state index contributed by atoms with van der Waals surface area (Å²) >= 11 is 0.